The van der Waals surface area contributed by atoms with Crippen molar-refractivity contribution < 1.29 is 14.3 Å². The molecular formula is C23H25N3O3. The van der Waals surface area contributed by atoms with Gasteiger partial charge >= 0.3 is 0 Å². The van der Waals surface area contributed by atoms with Gasteiger partial charge in [0, 0.05) is 29.6 Å². The number of rotatable bonds is 5. The van der Waals surface area contributed by atoms with Crippen LogP contribution >= 0.6 is 0 Å². The second-order valence-electron chi connectivity index (χ2n) is 7.43. The Morgan fingerprint density at radius 3 is 2.48 bits per heavy atom. The number of benzene rings is 2. The van der Waals surface area contributed by atoms with Crippen molar-refractivity contribution in [2.75, 3.05) is 25.5 Å². The largest absolute Gasteiger partial charge is 0.497 e. The predicted octanol–water partition coefficient (Wildman–Crippen LogP) is 3.40. The van der Waals surface area contributed by atoms with E-state index in [2.05, 4.69) is 27.7 Å². The summed E-state index contributed by atoms with van der Waals surface area (Å²) in [6, 6.07) is 13.3. The normalized spacial score (nSPS) is 18.3. The summed E-state index contributed by atoms with van der Waals surface area (Å²) >= 11 is 0. The first-order chi connectivity index (χ1) is 14.1. The monoisotopic (exact) mass is 391 g/mol. The number of fused-ring (bicyclic) bond motifs is 1. The molecule has 0 atom stereocenters. The van der Waals surface area contributed by atoms with Crippen LogP contribution in [0.2, 0.25) is 0 Å². The summed E-state index contributed by atoms with van der Waals surface area (Å²) in [6.45, 7) is 3.31. The highest BCUT2D eigenvalue weighted by Crippen LogP contribution is 2.28. The van der Waals surface area contributed by atoms with Crippen molar-refractivity contribution in [1.82, 2.24) is 10.2 Å². The van der Waals surface area contributed by atoms with Gasteiger partial charge in [0.2, 0.25) is 0 Å². The minimum Gasteiger partial charge on any atom is -0.497 e. The van der Waals surface area contributed by atoms with Crippen molar-refractivity contribution in [3.05, 3.63) is 65.4 Å². The van der Waals surface area contributed by atoms with Crippen molar-refractivity contribution in [1.29, 1.82) is 0 Å². The van der Waals surface area contributed by atoms with Gasteiger partial charge in [-0.15, -0.1) is 0 Å². The highest BCUT2D eigenvalue weighted by Gasteiger charge is 2.27. The fourth-order valence-corrected chi connectivity index (χ4v) is 3.81. The Morgan fingerprint density at radius 1 is 1.00 bits per heavy atom. The van der Waals surface area contributed by atoms with Crippen LogP contribution in [0.4, 0.5) is 5.69 Å². The third-order valence-corrected chi connectivity index (χ3v) is 5.43. The number of hydrogen-bond donors (Lipinski definition) is 2. The molecule has 2 aliphatic rings. The first-order valence-corrected chi connectivity index (χ1v) is 9.96. The molecule has 2 aromatic rings. The summed E-state index contributed by atoms with van der Waals surface area (Å²) in [4.78, 5) is 27.0. The summed E-state index contributed by atoms with van der Waals surface area (Å²) in [5.41, 5.74) is 3.58. The zero-order valence-electron chi connectivity index (χ0n) is 16.5. The molecule has 1 fully saturated rings. The van der Waals surface area contributed by atoms with E-state index in [9.17, 15) is 9.59 Å². The van der Waals surface area contributed by atoms with Crippen molar-refractivity contribution in [3.63, 3.8) is 0 Å². The third-order valence-electron chi connectivity index (χ3n) is 5.43. The first-order valence-electron chi connectivity index (χ1n) is 9.96. The molecule has 0 radical (unpaired) electrons. The fraction of sp³-hybridized carbons (Fsp3) is 0.304. The summed E-state index contributed by atoms with van der Waals surface area (Å²) in [7, 11) is 1.56. The predicted molar refractivity (Wildman–Crippen MR) is 113 cm³/mol. The number of ether oxygens (including phenoxy) is 1. The minimum atomic E-state index is -0.426. The van der Waals surface area contributed by atoms with Gasteiger partial charge in [0.25, 0.3) is 11.8 Å². The Hall–Kier alpha value is -3.12. The van der Waals surface area contributed by atoms with E-state index in [1.807, 2.05) is 12.1 Å². The number of hydrogen-bond acceptors (Lipinski definition) is 5. The van der Waals surface area contributed by atoms with E-state index in [1.165, 1.54) is 37.9 Å². The molecule has 0 aromatic heterocycles. The standard InChI is InChI=1S/C23H25N3O3/c1-29-18-9-10-19-20(13-18)21(23(28)25-22(19)27)14-24-17-7-5-16(6-8-17)15-26-11-3-2-4-12-26/h5-10,13-14,24H,2-4,11-12,15H2,1H3,(H,25,27,28)/b21-14-. The molecule has 2 amide bonds. The van der Waals surface area contributed by atoms with E-state index in [1.54, 1.807) is 31.5 Å². The lowest BCUT2D eigenvalue weighted by Gasteiger charge is -2.26. The molecule has 2 heterocycles. The molecule has 2 aromatic carbocycles. The number of nitrogens with one attached hydrogen (secondary N) is 2. The van der Waals surface area contributed by atoms with Crippen LogP contribution in [0.5, 0.6) is 5.75 Å². The van der Waals surface area contributed by atoms with Crippen LogP contribution in [0.3, 0.4) is 0 Å². The lowest BCUT2D eigenvalue weighted by Crippen LogP contribution is -2.36. The number of amides is 2. The van der Waals surface area contributed by atoms with E-state index < -0.39 is 11.8 Å². The second kappa shape index (κ2) is 8.49. The van der Waals surface area contributed by atoms with Crippen LogP contribution in [-0.2, 0) is 11.3 Å². The lowest BCUT2D eigenvalue weighted by atomic mass is 9.95. The van der Waals surface area contributed by atoms with Crippen molar-refractivity contribution in [2.24, 2.45) is 0 Å². The summed E-state index contributed by atoms with van der Waals surface area (Å²) in [5, 5.41) is 5.56. The minimum absolute atomic E-state index is 0.396. The van der Waals surface area contributed by atoms with Crippen LogP contribution in [-0.4, -0.2) is 36.9 Å². The maximum atomic E-state index is 12.4. The molecule has 6 heteroatoms. The van der Waals surface area contributed by atoms with Crippen molar-refractivity contribution >= 4 is 23.1 Å². The average Bonchev–Trinajstić information content (AvgIpc) is 2.75. The Morgan fingerprint density at radius 2 is 1.76 bits per heavy atom. The zero-order chi connectivity index (χ0) is 20.2. The zero-order valence-corrected chi connectivity index (χ0v) is 16.5. The Bertz CT molecular complexity index is 944. The van der Waals surface area contributed by atoms with Crippen LogP contribution in [0.1, 0.15) is 40.7 Å². The highest BCUT2D eigenvalue weighted by molar-refractivity contribution is 6.31. The van der Waals surface area contributed by atoms with Gasteiger partial charge in [0.15, 0.2) is 0 Å². The Kier molecular flexibility index (Phi) is 5.62. The highest BCUT2D eigenvalue weighted by atomic mass is 16.5. The molecule has 4 rings (SSSR count). The molecule has 2 aliphatic heterocycles. The molecule has 2 N–H and O–H groups in total. The smallest absolute Gasteiger partial charge is 0.260 e. The summed E-state index contributed by atoms with van der Waals surface area (Å²) < 4.78 is 5.24. The van der Waals surface area contributed by atoms with Gasteiger partial charge in [-0.05, 0) is 61.8 Å². The molecule has 0 bridgehead atoms. The second-order valence-corrected chi connectivity index (χ2v) is 7.43. The summed E-state index contributed by atoms with van der Waals surface area (Å²) in [6.07, 6.45) is 5.54. The number of methoxy groups -OCH3 is 1. The number of carbonyl (C=O) groups excluding carboxylic acids is 2. The molecule has 0 saturated carbocycles. The van der Waals surface area contributed by atoms with Gasteiger partial charge in [0.05, 0.1) is 12.7 Å². The van der Waals surface area contributed by atoms with Crippen molar-refractivity contribution in [3.8, 4) is 5.75 Å². The first kappa shape index (κ1) is 19.2. The molecule has 0 unspecified atom stereocenters. The summed E-state index contributed by atoms with van der Waals surface area (Å²) in [5.74, 6) is -0.226. The lowest BCUT2D eigenvalue weighted by molar-refractivity contribution is -0.114. The van der Waals surface area contributed by atoms with Crippen molar-refractivity contribution in [2.45, 2.75) is 25.8 Å². The van der Waals surface area contributed by atoms with E-state index in [0.717, 1.165) is 12.2 Å². The maximum Gasteiger partial charge on any atom is 0.260 e. The van der Waals surface area contributed by atoms with Crippen LogP contribution < -0.4 is 15.4 Å². The van der Waals surface area contributed by atoms with Gasteiger partial charge in [-0.25, -0.2) is 0 Å². The van der Waals surface area contributed by atoms with E-state index in [0.29, 0.717) is 22.4 Å². The van der Waals surface area contributed by atoms with E-state index in [-0.39, 0.29) is 0 Å². The molecule has 0 spiro atoms. The van der Waals surface area contributed by atoms with Gasteiger partial charge in [-0.3, -0.25) is 19.8 Å². The average molecular weight is 391 g/mol. The Balaban J connectivity index is 1.50. The van der Waals surface area contributed by atoms with Crippen LogP contribution in [0.15, 0.2) is 48.7 Å². The topological polar surface area (TPSA) is 70.7 Å². The van der Waals surface area contributed by atoms with Gasteiger partial charge in [-0.2, -0.15) is 0 Å². The molecule has 1 saturated heterocycles. The number of nitrogens with zero attached hydrogens (tertiary/aromatic N) is 1. The van der Waals surface area contributed by atoms with E-state index >= 15 is 0 Å². The number of imide groups is 1. The molecule has 150 valence electrons. The fourth-order valence-electron chi connectivity index (χ4n) is 3.81. The number of likely N-dealkylation sites (tertiary alicyclic amines) is 1. The SMILES string of the molecule is COc1ccc2c(c1)/C(=C/Nc1ccc(CN3CCCCC3)cc1)C(=O)NC2=O. The van der Waals surface area contributed by atoms with E-state index in [4.69, 9.17) is 4.74 Å². The van der Waals surface area contributed by atoms with Crippen LogP contribution in [0, 0.1) is 0 Å². The molecule has 29 heavy (non-hydrogen) atoms. The third kappa shape index (κ3) is 4.32. The van der Waals surface area contributed by atoms with Gasteiger partial charge < -0.3 is 10.1 Å². The molecule has 0 aliphatic carbocycles. The number of piperidine rings is 1. The molecular weight excluding hydrogens is 366 g/mol. The number of anilines is 1. The van der Waals surface area contributed by atoms with Crippen LogP contribution in [0.25, 0.3) is 5.57 Å². The maximum absolute atomic E-state index is 12.4. The van der Waals surface area contributed by atoms with Gasteiger partial charge in [-0.1, -0.05) is 18.6 Å². The quantitative estimate of drug-likeness (QED) is 0.604. The van der Waals surface area contributed by atoms with Gasteiger partial charge in [0.1, 0.15) is 5.75 Å². The number of carbonyl (C=O) groups is 2. The molecule has 6 nitrogen and oxygen atoms in total. The Labute approximate surface area is 170 Å².